The zero-order valence-corrected chi connectivity index (χ0v) is 16.9. The molecule has 1 aromatic heterocycles. The van der Waals surface area contributed by atoms with E-state index in [-0.39, 0.29) is 0 Å². The first-order valence-corrected chi connectivity index (χ1v) is 9.69. The van der Waals surface area contributed by atoms with Crippen molar-refractivity contribution in [2.75, 3.05) is 0 Å². The predicted molar refractivity (Wildman–Crippen MR) is 115 cm³/mol. The summed E-state index contributed by atoms with van der Waals surface area (Å²) in [6.45, 7) is 4.55. The topological polar surface area (TPSA) is 51.8 Å². The number of hydrogen-bond donors (Lipinski definition) is 1. The molecule has 0 unspecified atom stereocenters. The highest BCUT2D eigenvalue weighted by atomic mass is 79.9. The number of halogens is 1. The third kappa shape index (κ3) is 3.51. The average Bonchev–Trinajstić information content (AvgIpc) is 2.69. The molecule has 0 saturated carbocycles. The summed E-state index contributed by atoms with van der Waals surface area (Å²) in [6.07, 6.45) is 0. The zero-order chi connectivity index (χ0) is 19.0. The van der Waals surface area contributed by atoms with E-state index in [1.54, 1.807) is 0 Å². The molecule has 1 heterocycles. The van der Waals surface area contributed by atoms with Crippen LogP contribution in [0.5, 0.6) is 0 Å². The van der Waals surface area contributed by atoms with Crippen LogP contribution in [0.1, 0.15) is 17.0 Å². The van der Waals surface area contributed by atoms with Crippen molar-refractivity contribution in [2.45, 2.75) is 20.4 Å². The van der Waals surface area contributed by atoms with Crippen LogP contribution in [0.25, 0.3) is 33.3 Å². The van der Waals surface area contributed by atoms with Crippen LogP contribution < -0.4 is 5.73 Å². The lowest BCUT2D eigenvalue weighted by Crippen LogP contribution is -2.01. The average molecular weight is 418 g/mol. The molecule has 4 rings (SSSR count). The quantitative estimate of drug-likeness (QED) is 0.457. The van der Waals surface area contributed by atoms with Gasteiger partial charge >= 0.3 is 0 Å². The van der Waals surface area contributed by atoms with E-state index in [4.69, 9.17) is 15.7 Å². The molecule has 0 saturated heterocycles. The Kier molecular flexibility index (Phi) is 4.77. The molecule has 0 radical (unpaired) electrons. The fraction of sp³-hybridized carbons (Fsp3) is 0.130. The van der Waals surface area contributed by atoms with Gasteiger partial charge in [-0.3, -0.25) is 0 Å². The van der Waals surface area contributed by atoms with Crippen molar-refractivity contribution in [2.24, 2.45) is 5.73 Å². The maximum absolute atomic E-state index is 5.78. The van der Waals surface area contributed by atoms with Gasteiger partial charge in [0, 0.05) is 22.1 Å². The van der Waals surface area contributed by atoms with Crippen LogP contribution in [0.15, 0.2) is 65.1 Å². The lowest BCUT2D eigenvalue weighted by atomic mass is 10.0. The minimum Gasteiger partial charge on any atom is -0.326 e. The fourth-order valence-electron chi connectivity index (χ4n) is 3.36. The van der Waals surface area contributed by atoms with Crippen molar-refractivity contribution in [1.82, 2.24) is 9.97 Å². The van der Waals surface area contributed by atoms with Gasteiger partial charge in [0.15, 0.2) is 0 Å². The van der Waals surface area contributed by atoms with Crippen LogP contribution in [0, 0.1) is 13.8 Å². The third-order valence-electron chi connectivity index (χ3n) is 4.76. The Hall–Kier alpha value is -2.56. The van der Waals surface area contributed by atoms with E-state index in [1.807, 2.05) is 26.0 Å². The summed E-state index contributed by atoms with van der Waals surface area (Å²) >= 11 is 3.53. The molecule has 3 nitrogen and oxygen atoms in total. The number of nitrogens with two attached hydrogens (primary N) is 1. The molecule has 134 valence electrons. The Morgan fingerprint density at radius 3 is 2.11 bits per heavy atom. The van der Waals surface area contributed by atoms with E-state index in [1.165, 1.54) is 10.8 Å². The zero-order valence-electron chi connectivity index (χ0n) is 15.3. The van der Waals surface area contributed by atoms with Crippen LogP contribution in [0.2, 0.25) is 0 Å². The summed E-state index contributed by atoms with van der Waals surface area (Å²) in [5, 5.41) is 2.39. The first kappa shape index (κ1) is 17.8. The Balaban J connectivity index is 1.81. The van der Waals surface area contributed by atoms with Crippen molar-refractivity contribution in [3.63, 3.8) is 0 Å². The number of nitrogens with zero attached hydrogens (tertiary/aromatic N) is 2. The standard InChI is InChI=1S/C23H20BrN3/c1-14-22(19-5-3-4-16(10-19)13-25)26-15(2)23(27-14)20-7-6-18-12-21(24)9-8-17(18)11-20/h3-12H,13,25H2,1-2H3. The summed E-state index contributed by atoms with van der Waals surface area (Å²) in [5.41, 5.74) is 12.7. The molecule has 3 aromatic carbocycles. The second-order valence-electron chi connectivity index (χ2n) is 6.70. The maximum Gasteiger partial charge on any atom is 0.0918 e. The van der Waals surface area contributed by atoms with Crippen molar-refractivity contribution < 1.29 is 0 Å². The SMILES string of the molecule is Cc1nc(-c2ccc3cc(Br)ccc3c2)c(C)nc1-c1cccc(CN)c1. The van der Waals surface area contributed by atoms with E-state index in [2.05, 4.69) is 64.5 Å². The summed E-state index contributed by atoms with van der Waals surface area (Å²) < 4.78 is 1.08. The Labute approximate surface area is 167 Å². The highest BCUT2D eigenvalue weighted by molar-refractivity contribution is 9.10. The van der Waals surface area contributed by atoms with Crippen LogP contribution in [-0.4, -0.2) is 9.97 Å². The number of rotatable bonds is 3. The molecule has 4 heteroatoms. The van der Waals surface area contributed by atoms with Gasteiger partial charge in [0.1, 0.15) is 0 Å². The second kappa shape index (κ2) is 7.22. The fourth-order valence-corrected chi connectivity index (χ4v) is 3.74. The highest BCUT2D eigenvalue weighted by Crippen LogP contribution is 2.29. The number of fused-ring (bicyclic) bond motifs is 1. The molecule has 0 atom stereocenters. The monoisotopic (exact) mass is 417 g/mol. The van der Waals surface area contributed by atoms with E-state index < -0.39 is 0 Å². The van der Waals surface area contributed by atoms with Crippen LogP contribution in [0.3, 0.4) is 0 Å². The van der Waals surface area contributed by atoms with Gasteiger partial charge in [0.05, 0.1) is 22.8 Å². The normalized spacial score (nSPS) is 11.1. The molecule has 27 heavy (non-hydrogen) atoms. The second-order valence-corrected chi connectivity index (χ2v) is 7.62. The van der Waals surface area contributed by atoms with Gasteiger partial charge in [-0.25, -0.2) is 9.97 Å². The highest BCUT2D eigenvalue weighted by Gasteiger charge is 2.12. The summed E-state index contributed by atoms with van der Waals surface area (Å²) in [4.78, 5) is 9.77. The van der Waals surface area contributed by atoms with Crippen LogP contribution in [0.4, 0.5) is 0 Å². The third-order valence-corrected chi connectivity index (χ3v) is 5.25. The Morgan fingerprint density at radius 1 is 0.778 bits per heavy atom. The van der Waals surface area contributed by atoms with E-state index in [0.717, 1.165) is 43.9 Å². The van der Waals surface area contributed by atoms with Crippen LogP contribution in [-0.2, 0) is 6.54 Å². The molecule has 0 fully saturated rings. The Morgan fingerprint density at radius 2 is 1.41 bits per heavy atom. The lowest BCUT2D eigenvalue weighted by molar-refractivity contribution is 1.06. The largest absolute Gasteiger partial charge is 0.326 e. The van der Waals surface area contributed by atoms with E-state index >= 15 is 0 Å². The molecule has 0 aliphatic heterocycles. The summed E-state index contributed by atoms with van der Waals surface area (Å²) in [5.74, 6) is 0. The molecule has 2 N–H and O–H groups in total. The number of aromatic nitrogens is 2. The van der Waals surface area contributed by atoms with Gasteiger partial charge in [-0.1, -0.05) is 52.3 Å². The molecule has 0 bridgehead atoms. The molecule has 0 aliphatic rings. The first-order valence-electron chi connectivity index (χ1n) is 8.89. The summed E-state index contributed by atoms with van der Waals surface area (Å²) in [6, 6.07) is 20.9. The minimum absolute atomic E-state index is 0.518. The van der Waals surface area contributed by atoms with Crippen molar-refractivity contribution in [3.05, 3.63) is 82.1 Å². The molecule has 0 spiro atoms. The molecule has 4 aromatic rings. The Bertz CT molecular complexity index is 1150. The van der Waals surface area contributed by atoms with Gasteiger partial charge < -0.3 is 5.73 Å². The molecule has 0 aliphatic carbocycles. The van der Waals surface area contributed by atoms with Gasteiger partial charge in [-0.2, -0.15) is 0 Å². The number of aryl methyl sites for hydroxylation is 2. The van der Waals surface area contributed by atoms with Crippen molar-refractivity contribution in [3.8, 4) is 22.5 Å². The van der Waals surface area contributed by atoms with Gasteiger partial charge in [-0.15, -0.1) is 0 Å². The van der Waals surface area contributed by atoms with Crippen molar-refractivity contribution >= 4 is 26.7 Å². The van der Waals surface area contributed by atoms with E-state index in [0.29, 0.717) is 6.54 Å². The van der Waals surface area contributed by atoms with Crippen molar-refractivity contribution in [1.29, 1.82) is 0 Å². The first-order chi connectivity index (χ1) is 13.0. The lowest BCUT2D eigenvalue weighted by Gasteiger charge is -2.12. The molecular weight excluding hydrogens is 398 g/mol. The van der Waals surface area contributed by atoms with Gasteiger partial charge in [0.2, 0.25) is 0 Å². The smallest absolute Gasteiger partial charge is 0.0918 e. The molecular formula is C23H20BrN3. The van der Waals surface area contributed by atoms with Gasteiger partial charge in [0.25, 0.3) is 0 Å². The minimum atomic E-state index is 0.518. The predicted octanol–water partition coefficient (Wildman–Crippen LogP) is 5.80. The van der Waals surface area contributed by atoms with Crippen LogP contribution >= 0.6 is 15.9 Å². The maximum atomic E-state index is 5.78. The number of hydrogen-bond acceptors (Lipinski definition) is 3. The van der Waals surface area contributed by atoms with Gasteiger partial charge in [-0.05, 0) is 54.4 Å². The summed E-state index contributed by atoms with van der Waals surface area (Å²) in [7, 11) is 0. The number of benzene rings is 3. The molecule has 0 amide bonds. The van der Waals surface area contributed by atoms with E-state index in [9.17, 15) is 0 Å².